The van der Waals surface area contributed by atoms with Crippen molar-refractivity contribution in [3.05, 3.63) is 0 Å². The van der Waals surface area contributed by atoms with Gasteiger partial charge < -0.3 is 15.1 Å². The lowest BCUT2D eigenvalue weighted by Gasteiger charge is -2.32. The molecule has 0 aromatic carbocycles. The number of rotatable bonds is 10. The van der Waals surface area contributed by atoms with E-state index in [-0.39, 0.29) is 30.7 Å². The summed E-state index contributed by atoms with van der Waals surface area (Å²) in [7, 11) is 0. The molecule has 1 atom stereocenters. The maximum absolute atomic E-state index is 12.5. The molecule has 0 saturated heterocycles. The normalized spacial score (nSPS) is 12.5. The van der Waals surface area contributed by atoms with Gasteiger partial charge in [-0.3, -0.25) is 9.59 Å². The highest BCUT2D eigenvalue weighted by molar-refractivity contribution is 5.85. The van der Waals surface area contributed by atoms with Crippen LogP contribution in [0.4, 0.5) is 0 Å². The van der Waals surface area contributed by atoms with E-state index in [0.717, 1.165) is 0 Å². The molecule has 6 heteroatoms. The van der Waals surface area contributed by atoms with Crippen LogP contribution in [0.25, 0.3) is 0 Å². The van der Waals surface area contributed by atoms with Crippen molar-refractivity contribution < 1.29 is 24.6 Å². The van der Waals surface area contributed by atoms with Crippen LogP contribution in [0.5, 0.6) is 0 Å². The molecule has 21 heavy (non-hydrogen) atoms. The topological polar surface area (TPSA) is 94.9 Å². The molecule has 1 amide bonds. The van der Waals surface area contributed by atoms with Gasteiger partial charge in [-0.1, -0.05) is 27.7 Å². The smallest absolute Gasteiger partial charge is 0.326 e. The minimum Gasteiger partial charge on any atom is -0.481 e. The third kappa shape index (κ3) is 6.60. The minimum absolute atomic E-state index is 0.0612. The van der Waals surface area contributed by atoms with Crippen LogP contribution in [0.1, 0.15) is 53.4 Å². The Bertz CT molecular complexity index is 363. The first-order valence-corrected chi connectivity index (χ1v) is 7.49. The molecule has 0 spiro atoms. The first-order chi connectivity index (χ1) is 9.74. The van der Waals surface area contributed by atoms with E-state index in [0.29, 0.717) is 19.3 Å². The lowest BCUT2D eigenvalue weighted by molar-refractivity contribution is -0.154. The van der Waals surface area contributed by atoms with E-state index < -0.39 is 18.0 Å². The second kappa shape index (κ2) is 9.37. The number of carboxylic acid groups (broad SMARTS) is 2. The highest BCUT2D eigenvalue weighted by Gasteiger charge is 2.33. The second-order valence-corrected chi connectivity index (χ2v) is 5.67. The van der Waals surface area contributed by atoms with Gasteiger partial charge in [-0.05, 0) is 25.2 Å². The lowest BCUT2D eigenvalue weighted by Crippen LogP contribution is -2.49. The largest absolute Gasteiger partial charge is 0.481 e. The van der Waals surface area contributed by atoms with Gasteiger partial charge in [0.15, 0.2) is 0 Å². The molecule has 0 aliphatic heterocycles. The van der Waals surface area contributed by atoms with Crippen LogP contribution < -0.4 is 0 Å². The summed E-state index contributed by atoms with van der Waals surface area (Å²) in [6.45, 7) is 7.45. The van der Waals surface area contributed by atoms with Crippen LogP contribution in [-0.2, 0) is 14.4 Å². The van der Waals surface area contributed by atoms with E-state index in [1.165, 1.54) is 4.90 Å². The summed E-state index contributed by atoms with van der Waals surface area (Å²) in [5.41, 5.74) is 0. The maximum Gasteiger partial charge on any atom is 0.326 e. The third-order valence-electron chi connectivity index (χ3n) is 3.54. The lowest BCUT2D eigenvalue weighted by atomic mass is 9.97. The Morgan fingerprint density at radius 3 is 1.90 bits per heavy atom. The Balaban J connectivity index is 5.28. The zero-order valence-electron chi connectivity index (χ0n) is 13.3. The Kier molecular flexibility index (Phi) is 8.66. The maximum atomic E-state index is 12.5. The molecule has 1 unspecified atom stereocenters. The van der Waals surface area contributed by atoms with Gasteiger partial charge in [0.1, 0.15) is 6.04 Å². The fourth-order valence-corrected chi connectivity index (χ4v) is 2.32. The molecule has 0 rings (SSSR count). The van der Waals surface area contributed by atoms with E-state index in [1.807, 2.05) is 27.7 Å². The van der Waals surface area contributed by atoms with Crippen LogP contribution in [0.3, 0.4) is 0 Å². The Morgan fingerprint density at radius 2 is 1.57 bits per heavy atom. The van der Waals surface area contributed by atoms with Gasteiger partial charge in [0.25, 0.3) is 0 Å². The van der Waals surface area contributed by atoms with Gasteiger partial charge in [0, 0.05) is 12.5 Å². The van der Waals surface area contributed by atoms with Gasteiger partial charge in [-0.25, -0.2) is 4.79 Å². The summed E-state index contributed by atoms with van der Waals surface area (Å²) >= 11 is 0. The van der Waals surface area contributed by atoms with E-state index in [4.69, 9.17) is 5.11 Å². The highest BCUT2D eigenvalue weighted by Crippen LogP contribution is 2.19. The summed E-state index contributed by atoms with van der Waals surface area (Å²) in [6, 6.07) is -0.961. The first-order valence-electron chi connectivity index (χ1n) is 7.49. The van der Waals surface area contributed by atoms with Gasteiger partial charge in [0.2, 0.25) is 5.91 Å². The standard InChI is InChI=1S/C15H27NO5/c1-5-11(6-2)14(19)16(8-7-13(17)18)12(15(20)21)9-10(3)4/h10-12H,5-9H2,1-4H3,(H,17,18)(H,20,21). The van der Waals surface area contributed by atoms with E-state index in [1.54, 1.807) is 0 Å². The number of hydrogen-bond acceptors (Lipinski definition) is 3. The number of carbonyl (C=O) groups excluding carboxylic acids is 1. The van der Waals surface area contributed by atoms with Crippen LogP contribution in [0, 0.1) is 11.8 Å². The summed E-state index contributed by atoms with van der Waals surface area (Å²) in [4.78, 5) is 36.0. The monoisotopic (exact) mass is 301 g/mol. The van der Waals surface area contributed by atoms with Gasteiger partial charge >= 0.3 is 11.9 Å². The van der Waals surface area contributed by atoms with Crippen molar-refractivity contribution in [3.8, 4) is 0 Å². The van der Waals surface area contributed by atoms with Crippen molar-refractivity contribution in [2.45, 2.75) is 59.4 Å². The van der Waals surface area contributed by atoms with Gasteiger partial charge in [-0.15, -0.1) is 0 Å². The van der Waals surface area contributed by atoms with E-state index >= 15 is 0 Å². The molecule has 2 N–H and O–H groups in total. The fraction of sp³-hybridized carbons (Fsp3) is 0.800. The van der Waals surface area contributed by atoms with Crippen LogP contribution in [-0.4, -0.2) is 45.5 Å². The number of amides is 1. The molecule has 0 aliphatic rings. The molecule has 0 bridgehead atoms. The quantitative estimate of drug-likeness (QED) is 0.645. The number of carboxylic acids is 2. The number of nitrogens with zero attached hydrogens (tertiary/aromatic N) is 1. The molecule has 6 nitrogen and oxygen atoms in total. The Morgan fingerprint density at radius 1 is 1.05 bits per heavy atom. The van der Waals surface area contributed by atoms with Crippen LogP contribution in [0.2, 0.25) is 0 Å². The molecule has 0 radical (unpaired) electrons. The molecular weight excluding hydrogens is 274 g/mol. The highest BCUT2D eigenvalue weighted by atomic mass is 16.4. The average Bonchev–Trinajstić information content (AvgIpc) is 2.38. The summed E-state index contributed by atoms with van der Waals surface area (Å²) in [6.07, 6.45) is 1.31. The van der Waals surface area contributed by atoms with Crippen molar-refractivity contribution in [1.29, 1.82) is 0 Å². The number of hydrogen-bond donors (Lipinski definition) is 2. The first kappa shape index (κ1) is 19.4. The molecule has 0 saturated carbocycles. The summed E-state index contributed by atoms with van der Waals surface area (Å²) in [5.74, 6) is -2.52. The molecule has 0 aliphatic carbocycles. The van der Waals surface area contributed by atoms with Crippen molar-refractivity contribution in [2.75, 3.05) is 6.54 Å². The molecule has 0 heterocycles. The summed E-state index contributed by atoms with van der Waals surface area (Å²) < 4.78 is 0. The zero-order valence-corrected chi connectivity index (χ0v) is 13.3. The van der Waals surface area contributed by atoms with E-state index in [2.05, 4.69) is 0 Å². The zero-order chi connectivity index (χ0) is 16.6. The average molecular weight is 301 g/mol. The predicted molar refractivity (Wildman–Crippen MR) is 78.9 cm³/mol. The predicted octanol–water partition coefficient (Wildman–Crippen LogP) is 2.23. The fourth-order valence-electron chi connectivity index (χ4n) is 2.32. The Hall–Kier alpha value is -1.59. The number of carbonyl (C=O) groups is 3. The second-order valence-electron chi connectivity index (χ2n) is 5.67. The van der Waals surface area contributed by atoms with Crippen molar-refractivity contribution in [1.82, 2.24) is 4.90 Å². The molecule has 0 aromatic rings. The van der Waals surface area contributed by atoms with Crippen molar-refractivity contribution >= 4 is 17.8 Å². The summed E-state index contributed by atoms with van der Waals surface area (Å²) in [5, 5.41) is 18.2. The van der Waals surface area contributed by atoms with Crippen molar-refractivity contribution in [2.24, 2.45) is 11.8 Å². The molecular formula is C15H27NO5. The minimum atomic E-state index is -1.08. The van der Waals surface area contributed by atoms with Crippen LogP contribution in [0.15, 0.2) is 0 Å². The number of aliphatic carboxylic acids is 2. The third-order valence-corrected chi connectivity index (χ3v) is 3.54. The van der Waals surface area contributed by atoms with Gasteiger partial charge in [-0.2, -0.15) is 0 Å². The Labute approximate surface area is 126 Å². The molecule has 0 fully saturated rings. The molecule has 122 valence electrons. The van der Waals surface area contributed by atoms with Gasteiger partial charge in [0.05, 0.1) is 6.42 Å². The SMILES string of the molecule is CCC(CC)C(=O)N(CCC(=O)O)C(CC(C)C)C(=O)O. The molecule has 0 aromatic heterocycles. The van der Waals surface area contributed by atoms with Crippen molar-refractivity contribution in [3.63, 3.8) is 0 Å². The van der Waals surface area contributed by atoms with E-state index in [9.17, 15) is 19.5 Å². The van der Waals surface area contributed by atoms with Crippen LogP contribution >= 0.6 is 0 Å².